The lowest BCUT2D eigenvalue weighted by atomic mass is 9.89. The zero-order valence-electron chi connectivity index (χ0n) is 18.8. The Kier molecular flexibility index (Phi) is 7.75. The summed E-state index contributed by atoms with van der Waals surface area (Å²) in [4.78, 5) is 19.1. The van der Waals surface area contributed by atoms with Crippen LogP contribution in [0.15, 0.2) is 90.1 Å². The maximum absolute atomic E-state index is 11.1. The van der Waals surface area contributed by atoms with E-state index < -0.39 is 5.97 Å². The Labute approximate surface area is 195 Å². The summed E-state index contributed by atoms with van der Waals surface area (Å²) >= 11 is 0. The Morgan fingerprint density at radius 3 is 2.15 bits per heavy atom. The monoisotopic (exact) mass is 442 g/mol. The van der Waals surface area contributed by atoms with Gasteiger partial charge in [0, 0.05) is 25.2 Å². The second kappa shape index (κ2) is 11.3. The summed E-state index contributed by atoms with van der Waals surface area (Å²) in [6.45, 7) is 2.41. The number of piperidine rings is 1. The van der Waals surface area contributed by atoms with Crippen LogP contribution in [0, 0.1) is 0 Å². The molecule has 0 saturated carbocycles. The SMILES string of the molecule is O=C(O)CCC(=NOCc1ccccc1)c1ccc(N2CCC(c3ccccc3)CC2)cc1. The molecule has 0 unspecified atom stereocenters. The van der Waals surface area contributed by atoms with E-state index in [-0.39, 0.29) is 6.42 Å². The molecule has 1 heterocycles. The van der Waals surface area contributed by atoms with Crippen molar-refractivity contribution in [2.24, 2.45) is 5.16 Å². The van der Waals surface area contributed by atoms with E-state index in [4.69, 9.17) is 9.94 Å². The Balaban J connectivity index is 1.39. The molecular formula is C28H30N2O3. The van der Waals surface area contributed by atoms with E-state index in [1.54, 1.807) is 0 Å². The van der Waals surface area contributed by atoms with Crippen molar-refractivity contribution in [1.29, 1.82) is 0 Å². The minimum absolute atomic E-state index is 0.0162. The molecule has 170 valence electrons. The van der Waals surface area contributed by atoms with Crippen LogP contribution in [0.2, 0.25) is 0 Å². The fraction of sp³-hybridized carbons (Fsp3) is 0.286. The van der Waals surface area contributed by atoms with Crippen LogP contribution >= 0.6 is 0 Å². The normalized spacial score (nSPS) is 14.8. The van der Waals surface area contributed by atoms with Gasteiger partial charge in [-0.15, -0.1) is 0 Å². The zero-order valence-corrected chi connectivity index (χ0v) is 18.8. The summed E-state index contributed by atoms with van der Waals surface area (Å²) in [5, 5.41) is 13.4. The summed E-state index contributed by atoms with van der Waals surface area (Å²) in [6, 6.07) is 28.8. The van der Waals surface area contributed by atoms with E-state index in [0.717, 1.165) is 37.1 Å². The molecule has 0 atom stereocenters. The zero-order chi connectivity index (χ0) is 22.9. The molecule has 1 N–H and O–H groups in total. The molecule has 0 radical (unpaired) electrons. The van der Waals surface area contributed by atoms with E-state index in [9.17, 15) is 4.79 Å². The summed E-state index contributed by atoms with van der Waals surface area (Å²) in [6.07, 6.45) is 2.63. The van der Waals surface area contributed by atoms with Crippen LogP contribution in [0.25, 0.3) is 0 Å². The number of oxime groups is 1. The Bertz CT molecular complexity index is 1040. The first kappa shape index (κ1) is 22.6. The molecule has 0 spiro atoms. The first-order chi connectivity index (χ1) is 16.2. The van der Waals surface area contributed by atoms with Crippen molar-refractivity contribution in [2.75, 3.05) is 18.0 Å². The van der Waals surface area contributed by atoms with Crippen molar-refractivity contribution >= 4 is 17.4 Å². The molecule has 0 bridgehead atoms. The molecule has 0 aromatic heterocycles. The van der Waals surface area contributed by atoms with Gasteiger partial charge in [0.15, 0.2) is 0 Å². The van der Waals surface area contributed by atoms with Gasteiger partial charge < -0.3 is 14.8 Å². The van der Waals surface area contributed by atoms with Crippen molar-refractivity contribution in [3.05, 3.63) is 102 Å². The lowest BCUT2D eigenvalue weighted by molar-refractivity contribution is -0.136. The molecule has 4 rings (SSSR count). The molecule has 3 aromatic carbocycles. The van der Waals surface area contributed by atoms with Gasteiger partial charge in [-0.3, -0.25) is 4.79 Å². The van der Waals surface area contributed by atoms with E-state index >= 15 is 0 Å². The van der Waals surface area contributed by atoms with Crippen molar-refractivity contribution < 1.29 is 14.7 Å². The van der Waals surface area contributed by atoms with Gasteiger partial charge >= 0.3 is 5.97 Å². The fourth-order valence-electron chi connectivity index (χ4n) is 4.29. The third-order valence-electron chi connectivity index (χ3n) is 6.16. The number of carbonyl (C=O) groups is 1. The Morgan fingerprint density at radius 1 is 0.879 bits per heavy atom. The van der Waals surface area contributed by atoms with Crippen LogP contribution < -0.4 is 4.90 Å². The fourth-order valence-corrected chi connectivity index (χ4v) is 4.29. The van der Waals surface area contributed by atoms with Crippen LogP contribution in [0.5, 0.6) is 0 Å². The maximum atomic E-state index is 11.1. The second-order valence-electron chi connectivity index (χ2n) is 8.41. The number of hydrogen-bond donors (Lipinski definition) is 1. The van der Waals surface area contributed by atoms with Gasteiger partial charge in [0.05, 0.1) is 12.1 Å². The number of anilines is 1. The van der Waals surface area contributed by atoms with Crippen LogP contribution in [-0.4, -0.2) is 29.9 Å². The van der Waals surface area contributed by atoms with Gasteiger partial charge in [-0.2, -0.15) is 0 Å². The third-order valence-corrected chi connectivity index (χ3v) is 6.16. The smallest absolute Gasteiger partial charge is 0.303 e. The molecule has 3 aromatic rings. The first-order valence-corrected chi connectivity index (χ1v) is 11.5. The predicted octanol–water partition coefficient (Wildman–Crippen LogP) is 5.86. The number of nitrogens with zero attached hydrogens (tertiary/aromatic N) is 2. The third kappa shape index (κ3) is 6.45. The molecule has 5 heteroatoms. The van der Waals surface area contributed by atoms with Crippen molar-refractivity contribution in [2.45, 2.75) is 38.2 Å². The van der Waals surface area contributed by atoms with Gasteiger partial charge in [-0.05, 0) is 47.6 Å². The lowest BCUT2D eigenvalue weighted by Gasteiger charge is -2.34. The van der Waals surface area contributed by atoms with Crippen molar-refractivity contribution in [3.8, 4) is 0 Å². The van der Waals surface area contributed by atoms with E-state index in [0.29, 0.717) is 24.7 Å². The molecule has 0 aliphatic carbocycles. The standard InChI is InChI=1S/C28H30N2O3/c31-28(32)16-15-27(29-33-21-22-7-3-1-4-8-22)25-11-13-26(14-12-25)30-19-17-24(18-20-30)23-9-5-2-6-10-23/h1-14,24H,15-21H2,(H,31,32). The van der Waals surface area contributed by atoms with Gasteiger partial charge in [-0.25, -0.2) is 0 Å². The van der Waals surface area contributed by atoms with Crippen molar-refractivity contribution in [3.63, 3.8) is 0 Å². The van der Waals surface area contributed by atoms with E-state index in [2.05, 4.69) is 52.5 Å². The Hall–Kier alpha value is -3.60. The van der Waals surface area contributed by atoms with Gasteiger partial charge in [0.1, 0.15) is 6.61 Å². The second-order valence-corrected chi connectivity index (χ2v) is 8.41. The van der Waals surface area contributed by atoms with Gasteiger partial charge in [0.2, 0.25) is 0 Å². The quantitative estimate of drug-likeness (QED) is 0.333. The Morgan fingerprint density at radius 2 is 1.52 bits per heavy atom. The van der Waals surface area contributed by atoms with Crippen LogP contribution in [0.3, 0.4) is 0 Å². The molecular weight excluding hydrogens is 412 g/mol. The molecule has 1 aliphatic rings. The summed E-state index contributed by atoms with van der Waals surface area (Å²) in [5.41, 5.74) is 5.19. The van der Waals surface area contributed by atoms with Gasteiger partial charge in [0.25, 0.3) is 0 Å². The highest BCUT2D eigenvalue weighted by Gasteiger charge is 2.20. The number of carboxylic acids is 1. The molecule has 33 heavy (non-hydrogen) atoms. The minimum atomic E-state index is -0.844. The largest absolute Gasteiger partial charge is 0.481 e. The number of aliphatic carboxylic acids is 1. The highest BCUT2D eigenvalue weighted by atomic mass is 16.6. The number of benzene rings is 3. The average Bonchev–Trinajstić information content (AvgIpc) is 2.87. The first-order valence-electron chi connectivity index (χ1n) is 11.5. The average molecular weight is 443 g/mol. The van der Waals surface area contributed by atoms with Crippen molar-refractivity contribution in [1.82, 2.24) is 0 Å². The van der Waals surface area contributed by atoms with E-state index in [1.165, 1.54) is 11.3 Å². The highest BCUT2D eigenvalue weighted by Crippen LogP contribution is 2.30. The molecule has 5 nitrogen and oxygen atoms in total. The number of rotatable bonds is 9. The molecule has 1 saturated heterocycles. The number of hydrogen-bond acceptors (Lipinski definition) is 4. The summed E-state index contributed by atoms with van der Waals surface area (Å²) < 4.78 is 0. The highest BCUT2D eigenvalue weighted by molar-refractivity contribution is 6.01. The summed E-state index contributed by atoms with van der Waals surface area (Å²) in [5.74, 6) is -0.220. The molecule has 0 amide bonds. The topological polar surface area (TPSA) is 62.1 Å². The lowest BCUT2D eigenvalue weighted by Crippen LogP contribution is -2.32. The van der Waals surface area contributed by atoms with E-state index in [1.807, 2.05) is 42.5 Å². The maximum Gasteiger partial charge on any atom is 0.303 e. The van der Waals surface area contributed by atoms with Crippen LogP contribution in [0.1, 0.15) is 48.3 Å². The summed E-state index contributed by atoms with van der Waals surface area (Å²) in [7, 11) is 0. The molecule has 1 aliphatic heterocycles. The predicted molar refractivity (Wildman–Crippen MR) is 132 cm³/mol. The minimum Gasteiger partial charge on any atom is -0.481 e. The van der Waals surface area contributed by atoms with Crippen LogP contribution in [0.4, 0.5) is 5.69 Å². The van der Waals surface area contributed by atoms with Gasteiger partial charge in [-0.1, -0.05) is 78.0 Å². The number of carboxylic acid groups (broad SMARTS) is 1. The molecule has 1 fully saturated rings. The van der Waals surface area contributed by atoms with Crippen LogP contribution in [-0.2, 0) is 16.2 Å².